The Kier molecular flexibility index (Phi) is 6.98. The highest BCUT2D eigenvalue weighted by molar-refractivity contribution is 5.39. The average molecular weight is 305 g/mol. The van der Waals surface area contributed by atoms with Crippen LogP contribution in [0.5, 0.6) is 5.75 Å². The Morgan fingerprint density at radius 1 is 1.29 bits per heavy atom. The first kappa shape index (κ1) is 17.8. The lowest BCUT2D eigenvalue weighted by atomic mass is 10.0. The maximum atomic E-state index is 12.2. The van der Waals surface area contributed by atoms with Gasteiger partial charge in [0.2, 0.25) is 0 Å². The van der Waals surface area contributed by atoms with Crippen molar-refractivity contribution in [3.63, 3.8) is 0 Å². The van der Waals surface area contributed by atoms with Gasteiger partial charge in [0.25, 0.3) is 0 Å². The summed E-state index contributed by atoms with van der Waals surface area (Å²) in [5, 5.41) is 3.20. The lowest BCUT2D eigenvalue weighted by Gasteiger charge is -2.22. The van der Waals surface area contributed by atoms with E-state index in [4.69, 9.17) is 9.47 Å². The first-order valence-corrected chi connectivity index (χ1v) is 6.89. The lowest BCUT2D eigenvalue weighted by molar-refractivity contribution is -0.175. The minimum atomic E-state index is -4.31. The number of rotatable bonds is 8. The quantitative estimate of drug-likeness (QED) is 0.795. The van der Waals surface area contributed by atoms with Gasteiger partial charge in [0, 0.05) is 5.56 Å². The number of methoxy groups -OCH3 is 1. The topological polar surface area (TPSA) is 30.5 Å². The third kappa shape index (κ3) is 6.35. The van der Waals surface area contributed by atoms with Crippen molar-refractivity contribution < 1.29 is 22.6 Å². The second-order valence-electron chi connectivity index (χ2n) is 4.88. The molecule has 1 rings (SSSR count). The Morgan fingerprint density at radius 3 is 2.57 bits per heavy atom. The van der Waals surface area contributed by atoms with Gasteiger partial charge >= 0.3 is 6.18 Å². The Labute approximate surface area is 123 Å². The van der Waals surface area contributed by atoms with E-state index < -0.39 is 12.8 Å². The lowest BCUT2D eigenvalue weighted by Crippen LogP contribution is -2.29. The Morgan fingerprint density at radius 2 is 2.00 bits per heavy atom. The molecular formula is C15H22F3NO2. The molecule has 6 heteroatoms. The average Bonchev–Trinajstić information content (AvgIpc) is 2.41. The Bertz CT molecular complexity index is 435. The summed E-state index contributed by atoms with van der Waals surface area (Å²) in [6, 6.07) is 5.29. The van der Waals surface area contributed by atoms with E-state index >= 15 is 0 Å². The van der Waals surface area contributed by atoms with Crippen LogP contribution in [0.2, 0.25) is 0 Å². The summed E-state index contributed by atoms with van der Waals surface area (Å²) in [7, 11) is 1.54. The van der Waals surface area contributed by atoms with E-state index in [1.54, 1.807) is 7.11 Å². The standard InChI is InChI=1S/C15H22F3NO2/c1-4-7-19-13(9-21-10-15(16,17)18)12-8-11(2)5-6-14(12)20-3/h5-6,8,13,19H,4,7,9-10H2,1-3H3. The van der Waals surface area contributed by atoms with Crippen LogP contribution in [-0.2, 0) is 4.74 Å². The zero-order chi connectivity index (χ0) is 15.9. The van der Waals surface area contributed by atoms with Crippen LogP contribution in [-0.4, -0.2) is 33.0 Å². The van der Waals surface area contributed by atoms with E-state index in [2.05, 4.69) is 5.32 Å². The van der Waals surface area contributed by atoms with Crippen molar-refractivity contribution in [2.45, 2.75) is 32.5 Å². The van der Waals surface area contributed by atoms with Gasteiger partial charge in [0.05, 0.1) is 19.8 Å². The van der Waals surface area contributed by atoms with Crippen LogP contribution in [0.3, 0.4) is 0 Å². The molecule has 1 unspecified atom stereocenters. The highest BCUT2D eigenvalue weighted by atomic mass is 19.4. The molecule has 1 aromatic rings. The minimum absolute atomic E-state index is 0.0562. The van der Waals surface area contributed by atoms with Gasteiger partial charge < -0.3 is 14.8 Å². The molecule has 0 amide bonds. The maximum absolute atomic E-state index is 12.2. The molecule has 21 heavy (non-hydrogen) atoms. The zero-order valence-corrected chi connectivity index (χ0v) is 12.6. The summed E-state index contributed by atoms with van der Waals surface area (Å²) in [6.07, 6.45) is -3.43. The third-order valence-corrected chi connectivity index (χ3v) is 2.95. The molecule has 1 aromatic carbocycles. The number of ether oxygens (including phenoxy) is 2. The van der Waals surface area contributed by atoms with Crippen molar-refractivity contribution in [3.05, 3.63) is 29.3 Å². The van der Waals surface area contributed by atoms with Crippen LogP contribution >= 0.6 is 0 Å². The molecular weight excluding hydrogens is 283 g/mol. The highest BCUT2D eigenvalue weighted by Crippen LogP contribution is 2.27. The number of hydrogen-bond acceptors (Lipinski definition) is 3. The van der Waals surface area contributed by atoms with Crippen molar-refractivity contribution in [2.24, 2.45) is 0 Å². The highest BCUT2D eigenvalue weighted by Gasteiger charge is 2.28. The Balaban J connectivity index is 2.83. The van der Waals surface area contributed by atoms with Crippen molar-refractivity contribution >= 4 is 0 Å². The molecule has 0 aromatic heterocycles. The fourth-order valence-electron chi connectivity index (χ4n) is 2.00. The molecule has 0 saturated heterocycles. The molecule has 0 aliphatic rings. The van der Waals surface area contributed by atoms with E-state index in [1.165, 1.54) is 0 Å². The summed E-state index contributed by atoms with van der Waals surface area (Å²) in [5.74, 6) is 0.643. The molecule has 0 aliphatic carbocycles. The number of alkyl halides is 3. The maximum Gasteiger partial charge on any atom is 0.411 e. The van der Waals surface area contributed by atoms with Gasteiger partial charge in [-0.1, -0.05) is 24.6 Å². The van der Waals surface area contributed by atoms with E-state index in [1.807, 2.05) is 32.0 Å². The number of hydrogen-bond donors (Lipinski definition) is 1. The monoisotopic (exact) mass is 305 g/mol. The van der Waals surface area contributed by atoms with Crippen LogP contribution in [0.25, 0.3) is 0 Å². The van der Waals surface area contributed by atoms with Crippen LogP contribution in [0.15, 0.2) is 18.2 Å². The minimum Gasteiger partial charge on any atom is -0.496 e. The summed E-state index contributed by atoms with van der Waals surface area (Å²) >= 11 is 0. The van der Waals surface area contributed by atoms with Gasteiger partial charge in [-0.25, -0.2) is 0 Å². The second kappa shape index (κ2) is 8.24. The summed E-state index contributed by atoms with van der Waals surface area (Å²) < 4.78 is 46.7. The van der Waals surface area contributed by atoms with Crippen LogP contribution in [0.4, 0.5) is 13.2 Å². The molecule has 0 fully saturated rings. The molecule has 0 spiro atoms. The SMILES string of the molecule is CCCNC(COCC(F)(F)F)c1cc(C)ccc1OC. The molecule has 1 atom stereocenters. The Hall–Kier alpha value is -1.27. The smallest absolute Gasteiger partial charge is 0.411 e. The number of benzene rings is 1. The second-order valence-corrected chi connectivity index (χ2v) is 4.88. The van der Waals surface area contributed by atoms with E-state index in [-0.39, 0.29) is 12.6 Å². The summed E-state index contributed by atoms with van der Waals surface area (Å²) in [5.41, 5.74) is 1.83. The fourth-order valence-corrected chi connectivity index (χ4v) is 2.00. The van der Waals surface area contributed by atoms with Crippen molar-refractivity contribution in [1.29, 1.82) is 0 Å². The number of halogens is 3. The van der Waals surface area contributed by atoms with E-state index in [0.717, 1.165) is 17.5 Å². The molecule has 0 saturated carbocycles. The molecule has 3 nitrogen and oxygen atoms in total. The van der Waals surface area contributed by atoms with Gasteiger partial charge in [0.1, 0.15) is 12.4 Å². The summed E-state index contributed by atoms with van der Waals surface area (Å²) in [4.78, 5) is 0. The third-order valence-electron chi connectivity index (χ3n) is 2.95. The van der Waals surface area contributed by atoms with Gasteiger partial charge in [-0.05, 0) is 26.0 Å². The predicted octanol–water partition coefficient (Wildman–Crippen LogP) is 3.62. The van der Waals surface area contributed by atoms with Crippen LogP contribution in [0, 0.1) is 6.92 Å². The van der Waals surface area contributed by atoms with E-state index in [0.29, 0.717) is 12.3 Å². The predicted molar refractivity (Wildman–Crippen MR) is 75.6 cm³/mol. The van der Waals surface area contributed by atoms with Gasteiger partial charge in [0.15, 0.2) is 0 Å². The van der Waals surface area contributed by atoms with Crippen LogP contribution < -0.4 is 10.1 Å². The van der Waals surface area contributed by atoms with Gasteiger partial charge in [-0.3, -0.25) is 0 Å². The molecule has 0 heterocycles. The molecule has 0 aliphatic heterocycles. The number of aryl methyl sites for hydroxylation is 1. The first-order chi connectivity index (χ1) is 9.87. The largest absolute Gasteiger partial charge is 0.496 e. The van der Waals surface area contributed by atoms with Crippen molar-refractivity contribution in [1.82, 2.24) is 5.32 Å². The number of nitrogens with one attached hydrogen (secondary N) is 1. The molecule has 0 bridgehead atoms. The van der Waals surface area contributed by atoms with Crippen molar-refractivity contribution in [3.8, 4) is 5.75 Å². The first-order valence-electron chi connectivity index (χ1n) is 6.89. The molecule has 120 valence electrons. The zero-order valence-electron chi connectivity index (χ0n) is 12.6. The van der Waals surface area contributed by atoms with Gasteiger partial charge in [-0.15, -0.1) is 0 Å². The van der Waals surface area contributed by atoms with Crippen molar-refractivity contribution in [2.75, 3.05) is 26.9 Å². The fraction of sp³-hybridized carbons (Fsp3) is 0.600. The molecule has 0 radical (unpaired) electrons. The van der Waals surface area contributed by atoms with Crippen LogP contribution in [0.1, 0.15) is 30.5 Å². The summed E-state index contributed by atoms with van der Waals surface area (Å²) in [6.45, 7) is 3.31. The van der Waals surface area contributed by atoms with E-state index in [9.17, 15) is 13.2 Å². The van der Waals surface area contributed by atoms with Gasteiger partial charge in [-0.2, -0.15) is 13.2 Å². The molecule has 1 N–H and O–H groups in total. The normalized spacial score (nSPS) is 13.2.